The summed E-state index contributed by atoms with van der Waals surface area (Å²) in [5.41, 5.74) is 2.10. The Kier molecular flexibility index (Phi) is 13.7. The van der Waals surface area contributed by atoms with Crippen molar-refractivity contribution in [3.63, 3.8) is 0 Å². The molecule has 1 spiro atoms. The molecular formula is C53H63N5O11. The third kappa shape index (κ3) is 9.18. The number of carbonyl (C=O) groups excluding carboxylic acids is 3. The predicted molar refractivity (Wildman–Crippen MR) is 263 cm³/mol. The molecule has 4 bridgehead atoms. The van der Waals surface area contributed by atoms with E-state index in [-0.39, 0.29) is 50.3 Å². The molecule has 4 aliphatic rings. The first-order chi connectivity index (χ1) is 32.8. The van der Waals surface area contributed by atoms with Crippen LogP contribution in [-0.4, -0.2) is 110 Å². The molecular weight excluding hydrogens is 883 g/mol. The third-order valence-electron chi connectivity index (χ3n) is 14.6. The molecule has 1 saturated heterocycles. The van der Waals surface area contributed by atoms with Gasteiger partial charge in [-0.25, -0.2) is 0 Å². The van der Waals surface area contributed by atoms with Gasteiger partial charge in [0.2, 0.25) is 0 Å². The number of ketones is 1. The number of nitrogens with zero attached hydrogens (tertiary/aromatic N) is 3. The van der Waals surface area contributed by atoms with Gasteiger partial charge in [0, 0.05) is 98.6 Å². The minimum atomic E-state index is -1.98. The van der Waals surface area contributed by atoms with E-state index in [0.29, 0.717) is 38.2 Å². The molecule has 1 aromatic heterocycles. The highest BCUT2D eigenvalue weighted by Crippen LogP contribution is 2.58. The van der Waals surface area contributed by atoms with Crippen LogP contribution >= 0.6 is 0 Å². The Balaban J connectivity index is 1.21. The second-order valence-electron chi connectivity index (χ2n) is 19.4. The number of pyridine rings is 1. The summed E-state index contributed by atoms with van der Waals surface area (Å²) in [6, 6.07) is 10.2. The van der Waals surface area contributed by atoms with Crippen LogP contribution in [0, 0.1) is 30.6 Å². The number of allylic oxidation sites excluding steroid dienone is 2. The van der Waals surface area contributed by atoms with Gasteiger partial charge in [0.05, 0.1) is 52.3 Å². The Morgan fingerprint density at radius 1 is 0.957 bits per heavy atom. The molecule has 0 aliphatic carbocycles. The minimum absolute atomic E-state index is 0.0390. The predicted octanol–water partition coefficient (Wildman–Crippen LogP) is 7.76. The molecule has 3 aromatic carbocycles. The van der Waals surface area contributed by atoms with E-state index >= 15 is 0 Å². The number of rotatable bonds is 4. The number of hydrogen-bond donors (Lipinski definition) is 6. The van der Waals surface area contributed by atoms with Crippen molar-refractivity contribution >= 4 is 62.6 Å². The number of phenolic OH excluding ortho intramolecular Hbond substituents is 2. The lowest BCUT2D eigenvalue weighted by atomic mass is 9.78. The summed E-state index contributed by atoms with van der Waals surface area (Å²) in [6.45, 7) is 14.9. The summed E-state index contributed by atoms with van der Waals surface area (Å²) >= 11 is 0. The fraction of sp³-hybridized carbons (Fsp3) is 0.453. The quantitative estimate of drug-likeness (QED) is 0.0654. The zero-order valence-corrected chi connectivity index (χ0v) is 40.6. The highest BCUT2D eigenvalue weighted by atomic mass is 16.7. The number of ether oxygens (including phenoxy) is 4. The van der Waals surface area contributed by atoms with Crippen molar-refractivity contribution in [2.24, 2.45) is 28.7 Å². The number of Topliss-reactive ketones (excluding diaryl/α,β-unsaturated/α-hetero) is 1. The molecule has 0 unspecified atom stereocenters. The highest BCUT2D eigenvalue weighted by Gasteiger charge is 2.51. The monoisotopic (exact) mass is 945 g/mol. The van der Waals surface area contributed by atoms with Crippen molar-refractivity contribution in [2.75, 3.05) is 30.8 Å². The fourth-order valence-corrected chi connectivity index (χ4v) is 10.3. The van der Waals surface area contributed by atoms with Crippen molar-refractivity contribution in [3.8, 4) is 17.2 Å². The van der Waals surface area contributed by atoms with Gasteiger partial charge in [-0.05, 0) is 50.5 Å². The van der Waals surface area contributed by atoms with Crippen LogP contribution in [0.1, 0.15) is 82.8 Å². The van der Waals surface area contributed by atoms with Crippen molar-refractivity contribution in [1.29, 1.82) is 0 Å². The van der Waals surface area contributed by atoms with Crippen LogP contribution in [0.5, 0.6) is 17.2 Å². The van der Waals surface area contributed by atoms with Crippen molar-refractivity contribution in [2.45, 2.75) is 111 Å². The largest absolute Gasteiger partial charge is 0.507 e. The molecule has 1 fully saturated rings. The normalized spacial score (nSPS) is 28.5. The highest BCUT2D eigenvalue weighted by molar-refractivity contribution is 6.26. The van der Waals surface area contributed by atoms with E-state index in [1.807, 2.05) is 30.5 Å². The number of amides is 1. The number of esters is 1. The maximum absolute atomic E-state index is 15.0. The van der Waals surface area contributed by atoms with E-state index in [9.17, 15) is 34.8 Å². The van der Waals surface area contributed by atoms with Crippen LogP contribution in [0.2, 0.25) is 0 Å². The molecule has 4 aromatic rings. The number of likely N-dealkylation sites (tertiary alicyclic amines) is 1. The number of methoxy groups -OCH3 is 1. The number of piperidine rings is 1. The van der Waals surface area contributed by atoms with Gasteiger partial charge < -0.3 is 50.0 Å². The summed E-state index contributed by atoms with van der Waals surface area (Å²) in [5, 5.41) is 55.0. The number of benzene rings is 3. The third-order valence-corrected chi connectivity index (χ3v) is 14.6. The van der Waals surface area contributed by atoms with Crippen LogP contribution in [0.15, 0.2) is 77.7 Å². The van der Waals surface area contributed by atoms with Crippen LogP contribution in [0.4, 0.5) is 17.1 Å². The summed E-state index contributed by atoms with van der Waals surface area (Å²) < 4.78 is 24.2. The molecule has 1 amide bonds. The molecule has 0 saturated carbocycles. The maximum atomic E-state index is 15.0. The van der Waals surface area contributed by atoms with Crippen LogP contribution in [0.3, 0.4) is 0 Å². The Bertz CT molecular complexity index is 2810. The fourth-order valence-electron chi connectivity index (χ4n) is 10.3. The lowest BCUT2D eigenvalue weighted by molar-refractivity contribution is -0.160. The number of aliphatic imine (C=N–C) groups is 1. The van der Waals surface area contributed by atoms with Gasteiger partial charge in [-0.2, -0.15) is 0 Å². The van der Waals surface area contributed by atoms with E-state index in [0.717, 1.165) is 16.5 Å². The van der Waals surface area contributed by atoms with Crippen molar-refractivity contribution in [1.82, 2.24) is 9.88 Å². The van der Waals surface area contributed by atoms with Crippen molar-refractivity contribution < 1.29 is 53.8 Å². The number of aliphatic hydroxyl groups excluding tert-OH is 2. The van der Waals surface area contributed by atoms with Crippen LogP contribution in [0.25, 0.3) is 21.7 Å². The van der Waals surface area contributed by atoms with Gasteiger partial charge in [-0.15, -0.1) is 0 Å². The van der Waals surface area contributed by atoms with Gasteiger partial charge in [0.15, 0.2) is 5.75 Å². The van der Waals surface area contributed by atoms with Gasteiger partial charge >= 0.3 is 11.8 Å². The number of nitrogens with one attached hydrogen (secondary N) is 2. The minimum Gasteiger partial charge on any atom is -0.507 e. The van der Waals surface area contributed by atoms with E-state index < -0.39 is 82.8 Å². The number of aliphatic hydroxyl groups is 2. The molecule has 69 heavy (non-hydrogen) atoms. The van der Waals surface area contributed by atoms with Gasteiger partial charge in [0.1, 0.15) is 29.0 Å². The molecule has 8 rings (SSSR count). The second-order valence-corrected chi connectivity index (χ2v) is 19.4. The van der Waals surface area contributed by atoms with E-state index in [1.165, 1.54) is 27.2 Å². The smallest absolute Gasteiger partial charge is 0.312 e. The topological polar surface area (TPSA) is 222 Å². The Labute approximate surface area is 401 Å². The molecule has 16 heteroatoms. The van der Waals surface area contributed by atoms with E-state index in [4.69, 9.17) is 23.9 Å². The van der Waals surface area contributed by atoms with Crippen LogP contribution < -0.4 is 15.4 Å². The molecule has 4 aliphatic heterocycles. The maximum Gasteiger partial charge on any atom is 0.312 e. The average Bonchev–Trinajstić information content (AvgIpc) is 3.60. The Hall–Kier alpha value is -6.33. The van der Waals surface area contributed by atoms with Gasteiger partial charge in [-0.3, -0.25) is 29.3 Å². The number of carbonyl (C=O) groups is 3. The number of para-hydroxylation sites is 1. The number of hydrogen-bond acceptors (Lipinski definition) is 15. The number of phenols is 2. The van der Waals surface area contributed by atoms with Gasteiger partial charge in [-0.1, -0.05) is 64.1 Å². The SMILES string of the molecule is CO[C@H]1C=CO[C@@]2(C)Oc3c(C)c(O)c4c(O)c(c5c(c4c3C2=O)NC2(C=N5)CCN(Cc3cnc4ccccc4c3)CC2)NC(=O)C(C)=CC=C[C@H](C)[C@H](O)[C@@H](C)[C@@H](O)[C@@H](C)[C@H](OC(C)=O)[C@@H]1C. The Morgan fingerprint density at radius 2 is 1.68 bits per heavy atom. The number of aromatic nitrogens is 1. The lowest BCUT2D eigenvalue weighted by Gasteiger charge is -2.43. The van der Waals surface area contributed by atoms with E-state index in [2.05, 4.69) is 26.6 Å². The first-order valence-corrected chi connectivity index (χ1v) is 23.6. The molecule has 5 heterocycles. The lowest BCUT2D eigenvalue weighted by Crippen LogP contribution is -2.51. The van der Waals surface area contributed by atoms with Crippen LogP contribution in [-0.2, 0) is 30.3 Å². The summed E-state index contributed by atoms with van der Waals surface area (Å²) in [7, 11) is 1.47. The molecule has 9 atom stereocenters. The zero-order valence-electron chi connectivity index (χ0n) is 40.6. The molecule has 16 nitrogen and oxygen atoms in total. The first-order valence-electron chi connectivity index (χ1n) is 23.6. The summed E-state index contributed by atoms with van der Waals surface area (Å²) in [4.78, 5) is 53.4. The standard InChI is InChI=1S/C53H63N5O11/c1-27-13-12-14-28(2)51(65)56-43-42-41(57-53(26-55-42)18-20-58(21-19-53)25-34-23-35-15-10-11-16-36(35)54-24-34)38-39(47(43)63)46(62)32(6)49-40(38)50(64)52(8,69-49)67-22-17-37(66-9)29(3)48(68-33(7)59)31(5)45(61)30(4)44(27)60/h10-17,22-24,26-27,29-31,37,44-45,48,57,60-63H,18-21,25H2,1-9H3,(H,56,65)/t27-,29+,30+,31+,37-,44-,45+,48+,52-/m0/s1. The van der Waals surface area contributed by atoms with Gasteiger partial charge in [0.25, 0.3) is 11.7 Å². The number of fused-ring (bicyclic) bond motifs is 2. The number of aromatic hydroxyl groups is 2. The summed E-state index contributed by atoms with van der Waals surface area (Å²) in [6.07, 6.45) is 8.81. The Morgan fingerprint density at radius 3 is 2.39 bits per heavy atom. The second kappa shape index (κ2) is 19.2. The zero-order chi connectivity index (χ0) is 49.7. The molecule has 366 valence electrons. The van der Waals surface area contributed by atoms with Crippen molar-refractivity contribution in [3.05, 3.63) is 89.4 Å². The molecule has 6 N–H and O–H groups in total. The molecule has 0 radical (unpaired) electrons. The average molecular weight is 946 g/mol. The first kappa shape index (κ1) is 49.1. The van der Waals surface area contributed by atoms with E-state index in [1.54, 1.807) is 72.1 Å². The number of anilines is 2. The summed E-state index contributed by atoms with van der Waals surface area (Å²) in [5.74, 6) is -7.02.